The van der Waals surface area contributed by atoms with Gasteiger partial charge in [-0.05, 0) is 24.6 Å². The molecule has 0 fully saturated rings. The van der Waals surface area contributed by atoms with Gasteiger partial charge in [0.2, 0.25) is 10.0 Å². The smallest absolute Gasteiger partial charge is 0.251 e. The average Bonchev–Trinajstić information content (AvgIpc) is 2.44. The summed E-state index contributed by atoms with van der Waals surface area (Å²) in [5.41, 5.74) is 0.733. The SMILES string of the molecule is CCCCS(=O)(=O)Nc1ccc(C(=O)NC)cc1OC. The molecule has 0 unspecified atom stereocenters. The van der Waals surface area contributed by atoms with E-state index in [4.69, 9.17) is 4.74 Å². The van der Waals surface area contributed by atoms with Crippen LogP contribution in [0.15, 0.2) is 18.2 Å². The molecule has 1 rings (SSSR count). The molecule has 0 aliphatic carbocycles. The van der Waals surface area contributed by atoms with E-state index in [2.05, 4.69) is 10.0 Å². The third-order valence-corrected chi connectivity index (χ3v) is 4.08. The molecular formula is C13H20N2O4S. The minimum atomic E-state index is -3.40. The van der Waals surface area contributed by atoms with Gasteiger partial charge in [-0.25, -0.2) is 8.42 Å². The molecular weight excluding hydrogens is 280 g/mol. The topological polar surface area (TPSA) is 84.5 Å². The number of amides is 1. The van der Waals surface area contributed by atoms with Gasteiger partial charge in [-0.2, -0.15) is 0 Å². The monoisotopic (exact) mass is 300 g/mol. The van der Waals surface area contributed by atoms with Crippen molar-refractivity contribution in [2.24, 2.45) is 0 Å². The second-order valence-electron chi connectivity index (χ2n) is 4.27. The first-order valence-electron chi connectivity index (χ1n) is 6.34. The number of anilines is 1. The molecule has 0 atom stereocenters. The maximum Gasteiger partial charge on any atom is 0.251 e. The number of methoxy groups -OCH3 is 1. The number of hydrogen-bond donors (Lipinski definition) is 2. The van der Waals surface area contributed by atoms with E-state index in [1.54, 1.807) is 6.07 Å². The normalized spacial score (nSPS) is 10.9. The highest BCUT2D eigenvalue weighted by Gasteiger charge is 2.14. The third kappa shape index (κ3) is 4.41. The van der Waals surface area contributed by atoms with Gasteiger partial charge in [0.1, 0.15) is 5.75 Å². The number of carbonyl (C=O) groups excluding carboxylic acids is 1. The lowest BCUT2D eigenvalue weighted by Crippen LogP contribution is -2.19. The van der Waals surface area contributed by atoms with E-state index in [0.29, 0.717) is 23.4 Å². The van der Waals surface area contributed by atoms with Gasteiger partial charge in [-0.15, -0.1) is 0 Å². The third-order valence-electron chi connectivity index (χ3n) is 2.72. The molecule has 112 valence electrons. The molecule has 2 N–H and O–H groups in total. The van der Waals surface area contributed by atoms with E-state index in [1.807, 2.05) is 6.92 Å². The molecule has 1 amide bonds. The van der Waals surface area contributed by atoms with Gasteiger partial charge in [0, 0.05) is 12.6 Å². The Morgan fingerprint density at radius 3 is 2.60 bits per heavy atom. The van der Waals surface area contributed by atoms with E-state index in [9.17, 15) is 13.2 Å². The summed E-state index contributed by atoms with van der Waals surface area (Å²) in [6.45, 7) is 1.92. The zero-order valence-corrected chi connectivity index (χ0v) is 12.7. The van der Waals surface area contributed by atoms with Crippen LogP contribution in [0.3, 0.4) is 0 Å². The molecule has 0 saturated carbocycles. The Labute approximate surface area is 119 Å². The number of nitrogens with one attached hydrogen (secondary N) is 2. The largest absolute Gasteiger partial charge is 0.495 e. The lowest BCUT2D eigenvalue weighted by atomic mass is 10.2. The van der Waals surface area contributed by atoms with Crippen molar-refractivity contribution in [3.8, 4) is 5.75 Å². The summed E-state index contributed by atoms with van der Waals surface area (Å²) < 4.78 is 31.3. The van der Waals surface area contributed by atoms with Crippen molar-refractivity contribution in [1.82, 2.24) is 5.32 Å². The van der Waals surface area contributed by atoms with Crippen LogP contribution in [0, 0.1) is 0 Å². The second kappa shape index (κ2) is 7.14. The van der Waals surface area contributed by atoms with Crippen molar-refractivity contribution in [1.29, 1.82) is 0 Å². The fourth-order valence-corrected chi connectivity index (χ4v) is 2.89. The first-order valence-corrected chi connectivity index (χ1v) is 7.99. The van der Waals surface area contributed by atoms with Crippen LogP contribution >= 0.6 is 0 Å². The van der Waals surface area contributed by atoms with Gasteiger partial charge in [0.05, 0.1) is 18.6 Å². The minimum absolute atomic E-state index is 0.0594. The number of benzene rings is 1. The second-order valence-corrected chi connectivity index (χ2v) is 6.11. The molecule has 0 saturated heterocycles. The molecule has 0 aromatic heterocycles. The number of ether oxygens (including phenoxy) is 1. The molecule has 0 spiro atoms. The molecule has 0 aliphatic rings. The van der Waals surface area contributed by atoms with Crippen LogP contribution in [0.25, 0.3) is 0 Å². The van der Waals surface area contributed by atoms with Gasteiger partial charge < -0.3 is 10.1 Å². The van der Waals surface area contributed by atoms with Gasteiger partial charge in [0.15, 0.2) is 0 Å². The van der Waals surface area contributed by atoms with Crippen molar-refractivity contribution in [2.45, 2.75) is 19.8 Å². The summed E-state index contributed by atoms with van der Waals surface area (Å²) in [6, 6.07) is 4.56. The van der Waals surface area contributed by atoms with Crippen LogP contribution in [0.2, 0.25) is 0 Å². The summed E-state index contributed by atoms with van der Waals surface area (Å²) in [6.07, 6.45) is 1.39. The number of unbranched alkanes of at least 4 members (excludes halogenated alkanes) is 1. The van der Waals surface area contributed by atoms with Crippen LogP contribution in [0.5, 0.6) is 5.75 Å². The van der Waals surface area contributed by atoms with Gasteiger partial charge >= 0.3 is 0 Å². The summed E-state index contributed by atoms with van der Waals surface area (Å²) >= 11 is 0. The molecule has 0 heterocycles. The molecule has 0 bridgehead atoms. The van der Waals surface area contributed by atoms with Crippen LogP contribution < -0.4 is 14.8 Å². The molecule has 1 aromatic carbocycles. The van der Waals surface area contributed by atoms with E-state index < -0.39 is 10.0 Å². The van der Waals surface area contributed by atoms with Crippen molar-refractivity contribution < 1.29 is 17.9 Å². The Balaban J connectivity index is 2.99. The Morgan fingerprint density at radius 1 is 1.35 bits per heavy atom. The summed E-state index contributed by atoms with van der Waals surface area (Å²) in [5, 5.41) is 2.50. The quantitative estimate of drug-likeness (QED) is 0.801. The van der Waals surface area contributed by atoms with E-state index in [1.165, 1.54) is 26.3 Å². The number of carbonyl (C=O) groups is 1. The first kappa shape index (κ1) is 16.3. The van der Waals surface area contributed by atoms with Crippen LogP contribution in [-0.4, -0.2) is 34.2 Å². The zero-order valence-electron chi connectivity index (χ0n) is 11.9. The summed E-state index contributed by atoms with van der Waals surface area (Å²) in [7, 11) is -0.451. The van der Waals surface area contributed by atoms with Crippen LogP contribution in [0.1, 0.15) is 30.1 Å². The minimum Gasteiger partial charge on any atom is -0.495 e. The highest BCUT2D eigenvalue weighted by molar-refractivity contribution is 7.92. The molecule has 0 radical (unpaired) electrons. The van der Waals surface area contributed by atoms with Crippen molar-refractivity contribution in [2.75, 3.05) is 24.6 Å². The lowest BCUT2D eigenvalue weighted by Gasteiger charge is -2.12. The Bertz CT molecular complexity index is 570. The Kier molecular flexibility index (Phi) is 5.82. The van der Waals surface area contributed by atoms with E-state index >= 15 is 0 Å². The summed E-state index contributed by atoms with van der Waals surface area (Å²) in [5.74, 6) is 0.110. The Hall–Kier alpha value is -1.76. The fourth-order valence-electron chi connectivity index (χ4n) is 1.61. The number of sulfonamides is 1. The summed E-state index contributed by atoms with van der Waals surface area (Å²) in [4.78, 5) is 11.5. The Morgan fingerprint density at radius 2 is 2.05 bits per heavy atom. The highest BCUT2D eigenvalue weighted by Crippen LogP contribution is 2.26. The van der Waals surface area contributed by atoms with Crippen LogP contribution in [0.4, 0.5) is 5.69 Å². The van der Waals surface area contributed by atoms with Crippen LogP contribution in [-0.2, 0) is 10.0 Å². The molecule has 0 aliphatic heterocycles. The number of rotatable bonds is 7. The van der Waals surface area contributed by atoms with E-state index in [0.717, 1.165) is 6.42 Å². The first-order chi connectivity index (χ1) is 9.43. The standard InChI is InChI=1S/C13H20N2O4S/c1-4-5-8-20(17,18)15-11-7-6-10(13(16)14-2)9-12(11)19-3/h6-7,9,15H,4-5,8H2,1-3H3,(H,14,16). The maximum absolute atomic E-state index is 11.9. The highest BCUT2D eigenvalue weighted by atomic mass is 32.2. The fraction of sp³-hybridized carbons (Fsp3) is 0.462. The zero-order chi connectivity index (χ0) is 15.2. The van der Waals surface area contributed by atoms with E-state index in [-0.39, 0.29) is 11.7 Å². The van der Waals surface area contributed by atoms with Crippen molar-refractivity contribution in [3.63, 3.8) is 0 Å². The molecule has 1 aromatic rings. The van der Waals surface area contributed by atoms with Gasteiger partial charge in [-0.3, -0.25) is 9.52 Å². The van der Waals surface area contributed by atoms with Crippen molar-refractivity contribution in [3.05, 3.63) is 23.8 Å². The predicted molar refractivity (Wildman–Crippen MR) is 78.7 cm³/mol. The van der Waals surface area contributed by atoms with Gasteiger partial charge in [-0.1, -0.05) is 13.3 Å². The lowest BCUT2D eigenvalue weighted by molar-refractivity contribution is 0.0963. The van der Waals surface area contributed by atoms with Crippen molar-refractivity contribution >= 4 is 21.6 Å². The average molecular weight is 300 g/mol. The predicted octanol–water partition coefficient (Wildman–Crippen LogP) is 1.60. The maximum atomic E-state index is 11.9. The number of hydrogen-bond acceptors (Lipinski definition) is 4. The molecule has 20 heavy (non-hydrogen) atoms. The van der Waals surface area contributed by atoms with Gasteiger partial charge in [0.25, 0.3) is 5.91 Å². The molecule has 7 heteroatoms. The molecule has 6 nitrogen and oxygen atoms in total.